The van der Waals surface area contributed by atoms with Gasteiger partial charge in [-0.3, -0.25) is 4.57 Å². The van der Waals surface area contributed by atoms with Gasteiger partial charge < -0.3 is 25.3 Å². The van der Waals surface area contributed by atoms with Gasteiger partial charge in [-0.25, -0.2) is 14.6 Å². The third-order valence-corrected chi connectivity index (χ3v) is 7.58. The van der Waals surface area contributed by atoms with Crippen molar-refractivity contribution in [3.63, 3.8) is 0 Å². The van der Waals surface area contributed by atoms with Crippen molar-refractivity contribution in [3.8, 4) is 0 Å². The molecule has 2 aromatic heterocycles. The molecule has 1 saturated carbocycles. The zero-order valence-corrected chi connectivity index (χ0v) is 23.4. The van der Waals surface area contributed by atoms with Gasteiger partial charge in [0, 0.05) is 12.5 Å². The minimum absolute atomic E-state index is 0.0924. The van der Waals surface area contributed by atoms with E-state index in [1.165, 1.54) is 6.08 Å². The molecule has 11 heteroatoms. The fraction of sp³-hybridized carbons (Fsp3) is 0.323. The van der Waals surface area contributed by atoms with E-state index in [9.17, 15) is 9.59 Å². The highest BCUT2D eigenvalue weighted by molar-refractivity contribution is 5.90. The van der Waals surface area contributed by atoms with Crippen LogP contribution in [0.2, 0.25) is 0 Å². The van der Waals surface area contributed by atoms with E-state index < -0.39 is 29.9 Å². The van der Waals surface area contributed by atoms with Crippen LogP contribution in [0.5, 0.6) is 0 Å². The van der Waals surface area contributed by atoms with Gasteiger partial charge in [0.2, 0.25) is 5.95 Å². The van der Waals surface area contributed by atoms with E-state index in [-0.39, 0.29) is 19.0 Å². The van der Waals surface area contributed by atoms with Gasteiger partial charge in [0.1, 0.15) is 18.9 Å². The monoisotopic (exact) mass is 568 g/mol. The average Bonchev–Trinajstić information content (AvgIpc) is 3.58. The molecule has 3 heterocycles. The van der Waals surface area contributed by atoms with Gasteiger partial charge in [-0.1, -0.05) is 48.0 Å². The van der Waals surface area contributed by atoms with Crippen molar-refractivity contribution in [2.75, 3.05) is 17.7 Å². The van der Waals surface area contributed by atoms with Crippen molar-refractivity contribution < 1.29 is 23.8 Å². The van der Waals surface area contributed by atoms with E-state index in [1.807, 2.05) is 38.1 Å². The van der Waals surface area contributed by atoms with E-state index in [4.69, 9.17) is 19.9 Å². The second kappa shape index (κ2) is 10.9. The lowest BCUT2D eigenvalue weighted by molar-refractivity contribution is -0.102. The predicted octanol–water partition coefficient (Wildman–Crippen LogP) is 4.53. The molecule has 3 atom stereocenters. The number of hydrogen-bond acceptors (Lipinski definition) is 10. The van der Waals surface area contributed by atoms with E-state index in [0.29, 0.717) is 34.2 Å². The van der Waals surface area contributed by atoms with Crippen LogP contribution in [-0.4, -0.2) is 55.8 Å². The number of aromatic nitrogens is 4. The minimum Gasteiger partial charge on any atom is -0.459 e. The van der Waals surface area contributed by atoms with Gasteiger partial charge in [0.25, 0.3) is 0 Å². The number of ether oxygens (including phenoxy) is 3. The van der Waals surface area contributed by atoms with Crippen LogP contribution < -0.4 is 11.1 Å². The van der Waals surface area contributed by atoms with Crippen molar-refractivity contribution in [2.24, 2.45) is 0 Å². The molecule has 0 bridgehead atoms. The lowest BCUT2D eigenvalue weighted by atomic mass is 9.97. The molecule has 0 amide bonds. The molecule has 11 nitrogen and oxygen atoms in total. The second-order valence-electron chi connectivity index (χ2n) is 10.8. The summed E-state index contributed by atoms with van der Waals surface area (Å²) in [7, 11) is 0. The summed E-state index contributed by atoms with van der Waals surface area (Å²) in [5.74, 6) is -0.412. The number of fused-ring (bicyclic) bond motifs is 1. The molecule has 0 radical (unpaired) electrons. The maximum Gasteiger partial charge on any atom is 0.338 e. The first-order valence-corrected chi connectivity index (χ1v) is 13.8. The van der Waals surface area contributed by atoms with Crippen LogP contribution in [0.1, 0.15) is 57.3 Å². The highest BCUT2D eigenvalue weighted by Crippen LogP contribution is 2.42. The summed E-state index contributed by atoms with van der Waals surface area (Å²) >= 11 is 0. The molecule has 42 heavy (non-hydrogen) atoms. The zero-order valence-electron chi connectivity index (χ0n) is 23.4. The lowest BCUT2D eigenvalue weighted by Gasteiger charge is -2.30. The average molecular weight is 569 g/mol. The van der Waals surface area contributed by atoms with Crippen molar-refractivity contribution in [2.45, 2.75) is 57.1 Å². The number of imidazole rings is 1. The molecule has 2 fully saturated rings. The largest absolute Gasteiger partial charge is 0.459 e. The van der Waals surface area contributed by atoms with Crippen LogP contribution >= 0.6 is 0 Å². The Morgan fingerprint density at radius 1 is 1.07 bits per heavy atom. The van der Waals surface area contributed by atoms with Crippen molar-refractivity contribution in [1.82, 2.24) is 19.5 Å². The topological polar surface area (TPSA) is 143 Å². The van der Waals surface area contributed by atoms with Crippen molar-refractivity contribution >= 4 is 34.9 Å². The van der Waals surface area contributed by atoms with Crippen LogP contribution in [0, 0.1) is 13.8 Å². The molecule has 2 aliphatic rings. The third-order valence-electron chi connectivity index (χ3n) is 7.58. The highest BCUT2D eigenvalue weighted by Gasteiger charge is 2.51. The summed E-state index contributed by atoms with van der Waals surface area (Å²) in [4.78, 5) is 39.5. The van der Waals surface area contributed by atoms with Crippen molar-refractivity contribution in [1.29, 1.82) is 0 Å². The quantitative estimate of drug-likeness (QED) is 0.218. The summed E-state index contributed by atoms with van der Waals surface area (Å²) in [5.41, 5.74) is 8.54. The predicted molar refractivity (Wildman–Crippen MR) is 156 cm³/mol. The first kappa shape index (κ1) is 27.4. The Morgan fingerprint density at radius 2 is 1.71 bits per heavy atom. The fourth-order valence-electron chi connectivity index (χ4n) is 4.95. The molecule has 0 spiro atoms. The number of nitrogens with two attached hydrogens (primary N) is 1. The van der Waals surface area contributed by atoms with Gasteiger partial charge in [0.15, 0.2) is 22.6 Å². The minimum atomic E-state index is -1.35. The van der Waals surface area contributed by atoms with E-state index in [2.05, 4.69) is 26.8 Å². The van der Waals surface area contributed by atoms with Gasteiger partial charge >= 0.3 is 11.9 Å². The first-order valence-electron chi connectivity index (χ1n) is 13.8. The number of carbonyl (C=O) groups excluding carboxylic acids is 2. The number of aryl methyl sites for hydroxylation is 2. The maximum absolute atomic E-state index is 13.2. The second-order valence-corrected chi connectivity index (χ2v) is 10.8. The number of benzene rings is 2. The Morgan fingerprint density at radius 3 is 2.33 bits per heavy atom. The van der Waals surface area contributed by atoms with E-state index in [0.717, 1.165) is 24.0 Å². The molecule has 216 valence electrons. The maximum atomic E-state index is 13.2. The Labute approximate surface area is 242 Å². The number of hydrogen-bond donors (Lipinski definition) is 2. The number of esters is 2. The molecule has 4 aromatic rings. The molecule has 1 aliphatic carbocycles. The van der Waals surface area contributed by atoms with Gasteiger partial charge in [-0.15, -0.1) is 0 Å². The molecular formula is C31H32N6O5. The third kappa shape index (κ3) is 5.42. The normalized spacial score (nSPS) is 21.7. The number of nitrogen functional groups attached to an aromatic ring is 1. The summed E-state index contributed by atoms with van der Waals surface area (Å²) in [6.07, 6.45) is 3.89. The number of nitrogens with one attached hydrogen (secondary N) is 1. The fourth-order valence-corrected chi connectivity index (χ4v) is 4.95. The SMILES string of the molecule is C=C[C@]1(COC(=O)c2ccc(C)cc2)O[C@@H](n2cnc3c(NC4CC4)nc(N)nc32)C[C@@H]1OC(=O)c1ccc(C)cc1. The number of carbonyl (C=O) groups is 2. The molecule has 1 aliphatic heterocycles. The van der Waals surface area contributed by atoms with Crippen LogP contribution in [-0.2, 0) is 14.2 Å². The first-order chi connectivity index (χ1) is 20.2. The van der Waals surface area contributed by atoms with Gasteiger partial charge in [-0.2, -0.15) is 9.97 Å². The molecule has 1 saturated heterocycles. The Bertz CT molecular complexity index is 1650. The molecule has 3 N–H and O–H groups in total. The van der Waals surface area contributed by atoms with Crippen LogP contribution in [0.25, 0.3) is 11.2 Å². The molecule has 0 unspecified atom stereocenters. The standard InChI is InChI=1S/C31H32N6O5/c1-4-31(16-40-28(38)20-9-5-18(2)6-10-20)23(41-29(39)21-11-7-19(3)8-12-21)15-24(42-31)37-17-33-25-26(34-22-13-14-22)35-30(32)36-27(25)37/h4-12,17,22-24H,1,13-16H2,2-3H3,(H3,32,34,35,36)/t23-,24+,31+/m0/s1. The molecule has 2 aromatic carbocycles. The molecule has 6 rings (SSSR count). The number of nitrogens with zero attached hydrogens (tertiary/aromatic N) is 4. The lowest BCUT2D eigenvalue weighted by Crippen LogP contribution is -2.45. The summed E-state index contributed by atoms with van der Waals surface area (Å²) in [6.45, 7) is 7.62. The number of anilines is 2. The smallest absolute Gasteiger partial charge is 0.338 e. The Balaban J connectivity index is 1.31. The van der Waals surface area contributed by atoms with E-state index in [1.54, 1.807) is 35.2 Å². The molecular weight excluding hydrogens is 536 g/mol. The Hall–Kier alpha value is -4.77. The van der Waals surface area contributed by atoms with Crippen LogP contribution in [0.4, 0.5) is 11.8 Å². The van der Waals surface area contributed by atoms with Crippen LogP contribution in [0.3, 0.4) is 0 Å². The van der Waals surface area contributed by atoms with Gasteiger partial charge in [-0.05, 0) is 51.0 Å². The Kier molecular flexibility index (Phi) is 7.11. The number of rotatable bonds is 9. The van der Waals surface area contributed by atoms with Crippen LogP contribution in [0.15, 0.2) is 67.5 Å². The van der Waals surface area contributed by atoms with Gasteiger partial charge in [0.05, 0.1) is 17.5 Å². The van der Waals surface area contributed by atoms with E-state index >= 15 is 0 Å². The summed E-state index contributed by atoms with van der Waals surface area (Å²) < 4.78 is 20.0. The summed E-state index contributed by atoms with van der Waals surface area (Å²) in [6, 6.07) is 14.5. The van der Waals surface area contributed by atoms with Crippen molar-refractivity contribution in [3.05, 3.63) is 89.8 Å². The highest BCUT2D eigenvalue weighted by atomic mass is 16.6. The summed E-state index contributed by atoms with van der Waals surface area (Å²) in [5, 5.41) is 3.35. The zero-order chi connectivity index (χ0) is 29.4.